The second-order valence-electron chi connectivity index (χ2n) is 8.82. The van der Waals surface area contributed by atoms with Crippen LogP contribution in [0, 0.1) is 11.6 Å². The van der Waals surface area contributed by atoms with Gasteiger partial charge in [0.15, 0.2) is 11.6 Å². The summed E-state index contributed by atoms with van der Waals surface area (Å²) in [7, 11) is 0. The molecule has 37 heavy (non-hydrogen) atoms. The third kappa shape index (κ3) is 4.65. The number of ether oxygens (including phenoxy) is 1. The van der Waals surface area contributed by atoms with Gasteiger partial charge in [0.05, 0.1) is 29.2 Å². The monoisotopic (exact) mass is 504 g/mol. The van der Waals surface area contributed by atoms with Gasteiger partial charge in [0, 0.05) is 5.56 Å². The first-order chi connectivity index (χ1) is 17.8. The Kier molecular flexibility index (Phi) is 6.16. The van der Waals surface area contributed by atoms with E-state index in [2.05, 4.69) is 15.4 Å². The molecule has 0 bridgehead atoms. The Morgan fingerprint density at radius 3 is 2.43 bits per heavy atom. The second kappa shape index (κ2) is 9.45. The lowest BCUT2D eigenvalue weighted by Crippen LogP contribution is -2.19. The zero-order valence-electron chi connectivity index (χ0n) is 19.7. The number of amides is 1. The van der Waals surface area contributed by atoms with Crippen LogP contribution >= 0.6 is 0 Å². The molecule has 0 aliphatic heterocycles. The number of rotatable bonds is 7. The molecule has 1 atom stereocenters. The highest BCUT2D eigenvalue weighted by molar-refractivity contribution is 5.85. The zero-order valence-corrected chi connectivity index (χ0v) is 19.7. The third-order valence-electron chi connectivity index (χ3n) is 6.45. The molecule has 0 radical (unpaired) electrons. The number of carbonyl (C=O) groups is 2. The van der Waals surface area contributed by atoms with Gasteiger partial charge in [0.25, 0.3) is 0 Å². The van der Waals surface area contributed by atoms with Crippen molar-refractivity contribution in [2.24, 2.45) is 0 Å². The van der Waals surface area contributed by atoms with Crippen LogP contribution in [-0.4, -0.2) is 31.9 Å². The first-order valence-electron chi connectivity index (χ1n) is 11.5. The summed E-state index contributed by atoms with van der Waals surface area (Å²) >= 11 is 0. The first-order valence-corrected chi connectivity index (χ1v) is 11.5. The minimum atomic E-state index is -1.01. The Morgan fingerprint density at radius 2 is 1.81 bits per heavy atom. The summed E-state index contributed by atoms with van der Waals surface area (Å²) in [4.78, 5) is 28.2. The Morgan fingerprint density at radius 1 is 1.05 bits per heavy atom. The quantitative estimate of drug-likeness (QED) is 0.338. The molecule has 1 amide bonds. The molecule has 188 valence electrons. The van der Waals surface area contributed by atoms with Crippen molar-refractivity contribution in [3.63, 3.8) is 0 Å². The molecule has 1 saturated carbocycles. The summed E-state index contributed by atoms with van der Waals surface area (Å²) in [6, 6.07) is 16.5. The smallest absolute Gasteiger partial charge is 0.413 e. The molecule has 10 heteroatoms. The van der Waals surface area contributed by atoms with E-state index < -0.39 is 35.2 Å². The Bertz CT molecular complexity index is 1470. The van der Waals surface area contributed by atoms with E-state index in [4.69, 9.17) is 4.74 Å². The topological polar surface area (TPSA) is 106 Å². The van der Waals surface area contributed by atoms with E-state index in [9.17, 15) is 23.5 Å². The number of hydrogen-bond acceptors (Lipinski definition) is 5. The van der Waals surface area contributed by atoms with Gasteiger partial charge in [-0.05, 0) is 55.2 Å². The average molecular weight is 504 g/mol. The molecule has 2 aromatic heterocycles. The number of aliphatic carboxylic acids is 1. The first kappa shape index (κ1) is 24.1. The number of anilines is 1. The number of nitrogens with zero attached hydrogens (tertiary/aromatic N) is 3. The third-order valence-corrected chi connectivity index (χ3v) is 6.45. The van der Waals surface area contributed by atoms with Gasteiger partial charge in [-0.25, -0.2) is 18.3 Å². The van der Waals surface area contributed by atoms with E-state index >= 15 is 0 Å². The summed E-state index contributed by atoms with van der Waals surface area (Å²) in [6.07, 6.45) is 1.83. The van der Waals surface area contributed by atoms with E-state index in [0.29, 0.717) is 29.8 Å². The highest BCUT2D eigenvalue weighted by Gasteiger charge is 2.51. The van der Waals surface area contributed by atoms with Gasteiger partial charge in [-0.15, -0.1) is 0 Å². The van der Waals surface area contributed by atoms with Crippen LogP contribution in [0.25, 0.3) is 16.9 Å². The molecule has 1 unspecified atom stereocenters. The summed E-state index contributed by atoms with van der Waals surface area (Å²) < 4.78 is 35.8. The lowest BCUT2D eigenvalue weighted by atomic mass is 9.94. The van der Waals surface area contributed by atoms with E-state index in [0.717, 1.165) is 16.4 Å². The maximum absolute atomic E-state index is 14.9. The minimum Gasteiger partial charge on any atom is -0.481 e. The van der Waals surface area contributed by atoms with Crippen LogP contribution < -0.4 is 5.32 Å². The number of hydrogen-bond donors (Lipinski definition) is 2. The molecule has 2 aromatic carbocycles. The molecule has 5 rings (SSSR count). The van der Waals surface area contributed by atoms with Gasteiger partial charge in [-0.1, -0.05) is 36.4 Å². The Hall–Kier alpha value is -4.60. The molecule has 1 aliphatic carbocycles. The van der Waals surface area contributed by atoms with Crippen molar-refractivity contribution in [2.75, 3.05) is 5.32 Å². The fraction of sp³-hybridized carbons (Fsp3) is 0.185. The second-order valence-corrected chi connectivity index (χ2v) is 8.82. The molecule has 0 spiro atoms. The van der Waals surface area contributed by atoms with Crippen molar-refractivity contribution in [1.82, 2.24) is 14.8 Å². The van der Waals surface area contributed by atoms with Gasteiger partial charge in [0.2, 0.25) is 0 Å². The van der Waals surface area contributed by atoms with Gasteiger partial charge in [-0.3, -0.25) is 15.1 Å². The predicted molar refractivity (Wildman–Crippen MR) is 130 cm³/mol. The number of carboxylic acids is 1. The fourth-order valence-corrected chi connectivity index (χ4v) is 4.16. The van der Waals surface area contributed by atoms with E-state index in [1.165, 1.54) is 24.4 Å². The predicted octanol–water partition coefficient (Wildman–Crippen LogP) is 5.64. The standard InChI is InChI=1S/C27H22F2N4O4/c1-16(17-5-3-2-4-6-17)37-26(36)32-24-22(29)15-31-33(24)19-8-10-23(30-14-19)20-9-7-18(13-21(20)28)27(11-12-27)25(34)35/h2-10,13-16H,11-12H2,1H3,(H,32,36)(H,34,35). The van der Waals surface area contributed by atoms with Crippen molar-refractivity contribution in [2.45, 2.75) is 31.3 Å². The van der Waals surface area contributed by atoms with Crippen molar-refractivity contribution in [1.29, 1.82) is 0 Å². The molecule has 1 aliphatic rings. The van der Waals surface area contributed by atoms with Gasteiger partial charge < -0.3 is 9.84 Å². The zero-order chi connectivity index (χ0) is 26.2. The molecule has 0 saturated heterocycles. The lowest BCUT2D eigenvalue weighted by Gasteiger charge is -2.15. The molecule has 2 heterocycles. The average Bonchev–Trinajstić information content (AvgIpc) is 3.64. The minimum absolute atomic E-state index is 0.194. The summed E-state index contributed by atoms with van der Waals surface area (Å²) in [5.74, 6) is -2.56. The lowest BCUT2D eigenvalue weighted by molar-refractivity contribution is -0.140. The van der Waals surface area contributed by atoms with Crippen molar-refractivity contribution < 1.29 is 28.2 Å². The number of carbonyl (C=O) groups excluding carboxylic acids is 1. The fourth-order valence-electron chi connectivity index (χ4n) is 4.16. The largest absolute Gasteiger partial charge is 0.481 e. The molecular weight excluding hydrogens is 482 g/mol. The van der Waals surface area contributed by atoms with Crippen LogP contribution in [0.5, 0.6) is 0 Å². The number of nitrogens with one attached hydrogen (secondary N) is 1. The highest BCUT2D eigenvalue weighted by atomic mass is 19.1. The molecule has 4 aromatic rings. The van der Waals surface area contributed by atoms with Crippen LogP contribution in [0.4, 0.5) is 19.4 Å². The van der Waals surface area contributed by atoms with Crippen LogP contribution in [0.2, 0.25) is 0 Å². The molecule has 1 fully saturated rings. The highest BCUT2D eigenvalue weighted by Crippen LogP contribution is 2.49. The summed E-state index contributed by atoms with van der Waals surface area (Å²) in [5, 5.41) is 15.8. The van der Waals surface area contributed by atoms with Gasteiger partial charge >= 0.3 is 12.1 Å². The molecular formula is C27H22F2N4O4. The molecule has 2 N–H and O–H groups in total. The Labute approximate surface area is 210 Å². The summed E-state index contributed by atoms with van der Waals surface area (Å²) in [5.41, 5.74) is 1.01. The number of pyridine rings is 1. The van der Waals surface area contributed by atoms with Crippen LogP contribution in [-0.2, 0) is 14.9 Å². The Balaban J connectivity index is 1.33. The SMILES string of the molecule is CC(OC(=O)Nc1c(F)cnn1-c1ccc(-c2ccc(C3(C(=O)O)CC3)cc2F)nc1)c1ccccc1. The van der Waals surface area contributed by atoms with E-state index in [1.54, 1.807) is 19.1 Å². The van der Waals surface area contributed by atoms with Crippen LogP contribution in [0.3, 0.4) is 0 Å². The summed E-state index contributed by atoms with van der Waals surface area (Å²) in [6.45, 7) is 1.70. The number of benzene rings is 2. The maximum atomic E-state index is 14.9. The number of carboxylic acid groups (broad SMARTS) is 1. The van der Waals surface area contributed by atoms with E-state index in [1.807, 2.05) is 30.3 Å². The molecule has 8 nitrogen and oxygen atoms in total. The number of aromatic nitrogens is 3. The van der Waals surface area contributed by atoms with Gasteiger partial charge in [0.1, 0.15) is 11.9 Å². The van der Waals surface area contributed by atoms with Crippen molar-refractivity contribution in [3.8, 4) is 16.9 Å². The van der Waals surface area contributed by atoms with Gasteiger partial charge in [-0.2, -0.15) is 5.10 Å². The van der Waals surface area contributed by atoms with Crippen LogP contribution in [0.1, 0.15) is 37.0 Å². The van der Waals surface area contributed by atoms with Crippen LogP contribution in [0.15, 0.2) is 73.1 Å². The maximum Gasteiger partial charge on any atom is 0.413 e. The van der Waals surface area contributed by atoms with Crippen molar-refractivity contribution in [3.05, 3.63) is 95.8 Å². The number of halogens is 2. The van der Waals surface area contributed by atoms with E-state index in [-0.39, 0.29) is 11.4 Å². The van der Waals surface area contributed by atoms with Crippen molar-refractivity contribution >= 4 is 17.9 Å². The normalized spacial score (nSPS) is 14.6.